The van der Waals surface area contributed by atoms with Crippen molar-refractivity contribution < 1.29 is 19.1 Å². The molecule has 0 saturated carbocycles. The van der Waals surface area contributed by atoms with Crippen molar-refractivity contribution >= 4 is 23.4 Å². The number of unbranched alkanes of at least 4 members (excludes halogenated alkanes) is 1. The summed E-state index contributed by atoms with van der Waals surface area (Å²) in [6.07, 6.45) is 2.77. The second-order valence-corrected chi connectivity index (χ2v) is 10.7. The molecule has 9 nitrogen and oxygen atoms in total. The largest absolute Gasteiger partial charge is 0.494 e. The summed E-state index contributed by atoms with van der Waals surface area (Å²) >= 11 is 0. The number of carbonyl (C=O) groups excluding carboxylic acids is 3. The standard InChI is InChI=1S/C30H39N5O4/c1-21(31-2)22-6-5-7-25(19-22)39-17-4-3-12-33-13-15-34(16-14-33)24-8-9-26-23(18-24)20-35(30(26)38)27-10-11-28(36)32-29(27)37/h5-9,18-19,21,27,31H,3-4,10-17,20H2,1-2H3,(H,32,36,37). The number of nitrogens with zero attached hydrogens (tertiary/aromatic N) is 3. The molecule has 39 heavy (non-hydrogen) atoms. The maximum Gasteiger partial charge on any atom is 0.255 e. The van der Waals surface area contributed by atoms with E-state index in [4.69, 9.17) is 4.74 Å². The molecule has 2 aromatic rings. The molecule has 2 fully saturated rings. The predicted octanol–water partition coefficient (Wildman–Crippen LogP) is 2.71. The van der Waals surface area contributed by atoms with E-state index < -0.39 is 6.04 Å². The summed E-state index contributed by atoms with van der Waals surface area (Å²) in [5.41, 5.74) is 3.96. The van der Waals surface area contributed by atoms with E-state index in [1.165, 1.54) is 5.56 Å². The Hall–Kier alpha value is -3.43. The van der Waals surface area contributed by atoms with Crippen LogP contribution in [0.4, 0.5) is 5.69 Å². The van der Waals surface area contributed by atoms with Crippen LogP contribution in [-0.2, 0) is 16.1 Å². The van der Waals surface area contributed by atoms with Crippen LogP contribution in [0, 0.1) is 0 Å². The van der Waals surface area contributed by atoms with Crippen molar-refractivity contribution in [2.45, 2.75) is 51.2 Å². The third-order valence-electron chi connectivity index (χ3n) is 8.17. The van der Waals surface area contributed by atoms with Crippen LogP contribution in [0.2, 0.25) is 0 Å². The van der Waals surface area contributed by atoms with Crippen LogP contribution in [-0.4, -0.2) is 79.9 Å². The van der Waals surface area contributed by atoms with Crippen molar-refractivity contribution in [3.63, 3.8) is 0 Å². The average molecular weight is 534 g/mol. The van der Waals surface area contributed by atoms with Gasteiger partial charge in [0.05, 0.1) is 6.61 Å². The molecule has 0 spiro atoms. The first-order chi connectivity index (χ1) is 18.9. The number of carbonyl (C=O) groups is 3. The number of hydrogen-bond acceptors (Lipinski definition) is 7. The first-order valence-electron chi connectivity index (χ1n) is 14.1. The first kappa shape index (κ1) is 27.1. The fourth-order valence-corrected chi connectivity index (χ4v) is 5.66. The summed E-state index contributed by atoms with van der Waals surface area (Å²) in [6, 6.07) is 14.0. The molecule has 3 heterocycles. The Morgan fingerprint density at radius 2 is 1.87 bits per heavy atom. The number of imide groups is 1. The number of piperazine rings is 1. The Labute approximate surface area is 230 Å². The summed E-state index contributed by atoms with van der Waals surface area (Å²) in [7, 11) is 1.96. The number of hydrogen-bond donors (Lipinski definition) is 2. The van der Waals surface area contributed by atoms with Gasteiger partial charge in [0.2, 0.25) is 11.8 Å². The second kappa shape index (κ2) is 12.2. The number of amides is 3. The van der Waals surface area contributed by atoms with Gasteiger partial charge < -0.3 is 19.9 Å². The highest BCUT2D eigenvalue weighted by molar-refractivity contribution is 6.05. The van der Waals surface area contributed by atoms with Gasteiger partial charge >= 0.3 is 0 Å². The molecule has 3 amide bonds. The van der Waals surface area contributed by atoms with E-state index in [-0.39, 0.29) is 24.1 Å². The van der Waals surface area contributed by atoms with Crippen LogP contribution in [0.15, 0.2) is 42.5 Å². The third kappa shape index (κ3) is 6.25. The Morgan fingerprint density at radius 1 is 1.05 bits per heavy atom. The van der Waals surface area contributed by atoms with Crippen molar-refractivity contribution in [2.75, 3.05) is 51.3 Å². The maximum atomic E-state index is 13.0. The normalized spacial score (nSPS) is 20.7. The van der Waals surface area contributed by atoms with Crippen LogP contribution in [0.5, 0.6) is 5.75 Å². The fourth-order valence-electron chi connectivity index (χ4n) is 5.66. The molecule has 2 N–H and O–H groups in total. The van der Waals surface area contributed by atoms with Crippen molar-refractivity contribution in [3.8, 4) is 5.75 Å². The maximum absolute atomic E-state index is 13.0. The first-order valence-corrected chi connectivity index (χ1v) is 14.1. The minimum Gasteiger partial charge on any atom is -0.494 e. The Morgan fingerprint density at radius 3 is 2.64 bits per heavy atom. The second-order valence-electron chi connectivity index (χ2n) is 10.7. The van der Waals surface area contributed by atoms with Crippen LogP contribution < -0.4 is 20.3 Å². The average Bonchev–Trinajstić information content (AvgIpc) is 3.28. The number of ether oxygens (including phenoxy) is 1. The predicted molar refractivity (Wildman–Crippen MR) is 150 cm³/mol. The molecule has 0 aromatic heterocycles. The van der Waals surface area contributed by atoms with Crippen LogP contribution in [0.25, 0.3) is 0 Å². The van der Waals surface area contributed by atoms with Gasteiger partial charge in [-0.1, -0.05) is 12.1 Å². The summed E-state index contributed by atoms with van der Waals surface area (Å²) in [5, 5.41) is 5.63. The van der Waals surface area contributed by atoms with Gasteiger partial charge in [-0.05, 0) is 81.2 Å². The van der Waals surface area contributed by atoms with Gasteiger partial charge in [-0.3, -0.25) is 24.6 Å². The number of nitrogens with one attached hydrogen (secondary N) is 2. The zero-order valence-corrected chi connectivity index (χ0v) is 22.9. The molecule has 2 saturated heterocycles. The van der Waals surface area contributed by atoms with Gasteiger partial charge in [0.15, 0.2) is 0 Å². The van der Waals surface area contributed by atoms with E-state index in [0.29, 0.717) is 24.6 Å². The molecule has 2 unspecified atom stereocenters. The van der Waals surface area contributed by atoms with Crippen molar-refractivity contribution in [1.29, 1.82) is 0 Å². The molecule has 9 heteroatoms. The number of rotatable bonds is 10. The molecule has 5 rings (SSSR count). The number of piperidine rings is 1. The molecular formula is C30H39N5O4. The van der Waals surface area contributed by atoms with Gasteiger partial charge in [0.25, 0.3) is 5.91 Å². The summed E-state index contributed by atoms with van der Waals surface area (Å²) < 4.78 is 5.99. The fraction of sp³-hybridized carbons (Fsp3) is 0.500. The SMILES string of the molecule is CNC(C)c1cccc(OCCCCN2CCN(c3ccc4c(c3)CN(C3CCC(=O)NC3=O)C4=O)CC2)c1. The number of benzene rings is 2. The highest BCUT2D eigenvalue weighted by Crippen LogP contribution is 2.31. The van der Waals surface area contributed by atoms with Crippen LogP contribution in [0.1, 0.15) is 60.1 Å². The van der Waals surface area contributed by atoms with E-state index in [2.05, 4.69) is 45.6 Å². The highest BCUT2D eigenvalue weighted by Gasteiger charge is 2.39. The molecule has 2 aromatic carbocycles. The number of fused-ring (bicyclic) bond motifs is 1. The van der Waals surface area contributed by atoms with Crippen LogP contribution >= 0.6 is 0 Å². The van der Waals surface area contributed by atoms with Crippen molar-refractivity contribution in [1.82, 2.24) is 20.4 Å². The quantitative estimate of drug-likeness (QED) is 0.358. The zero-order chi connectivity index (χ0) is 27.4. The lowest BCUT2D eigenvalue weighted by molar-refractivity contribution is -0.136. The van der Waals surface area contributed by atoms with Gasteiger partial charge in [-0.15, -0.1) is 0 Å². The Balaban J connectivity index is 1.05. The zero-order valence-electron chi connectivity index (χ0n) is 22.9. The molecule has 208 valence electrons. The van der Waals surface area contributed by atoms with Gasteiger partial charge in [-0.25, -0.2) is 0 Å². The Bertz CT molecular complexity index is 1210. The number of anilines is 1. The van der Waals surface area contributed by atoms with Crippen LogP contribution in [0.3, 0.4) is 0 Å². The van der Waals surface area contributed by atoms with E-state index in [9.17, 15) is 14.4 Å². The van der Waals surface area contributed by atoms with Gasteiger partial charge in [-0.2, -0.15) is 0 Å². The lowest BCUT2D eigenvalue weighted by atomic mass is 10.0. The minimum absolute atomic E-state index is 0.125. The minimum atomic E-state index is -0.577. The summed E-state index contributed by atoms with van der Waals surface area (Å²) in [5.74, 6) is 0.166. The van der Waals surface area contributed by atoms with Crippen molar-refractivity contribution in [2.24, 2.45) is 0 Å². The van der Waals surface area contributed by atoms with E-state index >= 15 is 0 Å². The molecule has 3 aliphatic heterocycles. The third-order valence-corrected chi connectivity index (χ3v) is 8.17. The monoisotopic (exact) mass is 533 g/mol. The van der Waals surface area contributed by atoms with Gasteiger partial charge in [0.1, 0.15) is 11.8 Å². The smallest absolute Gasteiger partial charge is 0.255 e. The molecule has 0 bridgehead atoms. The molecule has 0 radical (unpaired) electrons. The molecular weight excluding hydrogens is 494 g/mol. The molecule has 0 aliphatic carbocycles. The highest BCUT2D eigenvalue weighted by atomic mass is 16.5. The van der Waals surface area contributed by atoms with Crippen molar-refractivity contribution in [3.05, 3.63) is 59.2 Å². The topological polar surface area (TPSA) is 94.2 Å². The van der Waals surface area contributed by atoms with Gasteiger partial charge in [0, 0.05) is 56.4 Å². The van der Waals surface area contributed by atoms with E-state index in [1.54, 1.807) is 4.90 Å². The molecule has 2 atom stereocenters. The lowest BCUT2D eigenvalue weighted by Crippen LogP contribution is -2.52. The lowest BCUT2D eigenvalue weighted by Gasteiger charge is -2.36. The molecule has 3 aliphatic rings. The summed E-state index contributed by atoms with van der Waals surface area (Å²) in [6.45, 7) is 8.23. The van der Waals surface area contributed by atoms with E-state index in [1.807, 2.05) is 31.3 Å². The summed E-state index contributed by atoms with van der Waals surface area (Å²) in [4.78, 5) is 43.3. The Kier molecular flexibility index (Phi) is 8.47. The van der Waals surface area contributed by atoms with E-state index in [0.717, 1.165) is 69.2 Å².